The molecular weight excluding hydrogens is 464 g/mol. The zero-order valence-corrected chi connectivity index (χ0v) is 21.2. The van der Waals surface area contributed by atoms with Crippen molar-refractivity contribution in [1.29, 1.82) is 0 Å². The molecule has 184 valence electrons. The lowest BCUT2D eigenvalue weighted by atomic mass is 10.1. The third-order valence-corrected chi connectivity index (χ3v) is 7.83. The van der Waals surface area contributed by atoms with Crippen LogP contribution in [0.3, 0.4) is 0 Å². The number of sulfonamides is 1. The summed E-state index contributed by atoms with van der Waals surface area (Å²) in [6.45, 7) is 8.24. The molecule has 0 saturated carbocycles. The van der Waals surface area contributed by atoms with Crippen LogP contribution in [0.15, 0.2) is 65.6 Å². The van der Waals surface area contributed by atoms with E-state index in [-0.39, 0.29) is 24.6 Å². The molecule has 0 aromatic heterocycles. The number of nitrogens with one attached hydrogen (secondary N) is 1. The average Bonchev–Trinajstić information content (AvgIpc) is 2.83. The third-order valence-electron chi connectivity index (χ3n) is 6.03. The highest BCUT2D eigenvalue weighted by Crippen LogP contribution is 2.37. The van der Waals surface area contributed by atoms with Crippen LogP contribution in [-0.4, -0.2) is 40.1 Å². The highest BCUT2D eigenvalue weighted by molar-refractivity contribution is 7.92. The van der Waals surface area contributed by atoms with Gasteiger partial charge in [0.05, 0.1) is 23.7 Å². The van der Waals surface area contributed by atoms with Crippen molar-refractivity contribution in [2.45, 2.75) is 38.7 Å². The van der Waals surface area contributed by atoms with E-state index in [1.807, 2.05) is 52.0 Å². The van der Waals surface area contributed by atoms with Crippen LogP contribution < -0.4 is 19.1 Å². The molecule has 0 spiro atoms. The lowest BCUT2D eigenvalue weighted by molar-refractivity contribution is -0.127. The summed E-state index contributed by atoms with van der Waals surface area (Å²) < 4.78 is 40.0. The van der Waals surface area contributed by atoms with Crippen molar-refractivity contribution in [1.82, 2.24) is 5.32 Å². The van der Waals surface area contributed by atoms with E-state index in [4.69, 9.17) is 9.47 Å². The second-order valence-corrected chi connectivity index (χ2v) is 10.7. The maximum absolute atomic E-state index is 13.5. The Morgan fingerprint density at radius 1 is 0.971 bits per heavy atom. The van der Waals surface area contributed by atoms with Crippen molar-refractivity contribution in [2.75, 3.05) is 24.0 Å². The van der Waals surface area contributed by atoms with Crippen LogP contribution in [0.4, 0.5) is 5.69 Å². The van der Waals surface area contributed by atoms with Crippen molar-refractivity contribution >= 4 is 21.6 Å². The highest BCUT2D eigenvalue weighted by Gasteiger charge is 2.37. The largest absolute Gasteiger partial charge is 0.492 e. The van der Waals surface area contributed by atoms with Crippen molar-refractivity contribution in [2.24, 2.45) is 0 Å². The maximum Gasteiger partial charge on any atom is 0.264 e. The summed E-state index contributed by atoms with van der Waals surface area (Å²) in [5.41, 5.74) is 4.59. The van der Waals surface area contributed by atoms with Crippen LogP contribution in [0.25, 0.3) is 0 Å². The Labute approximate surface area is 206 Å². The van der Waals surface area contributed by atoms with Crippen LogP contribution in [0, 0.1) is 27.7 Å². The van der Waals surface area contributed by atoms with Gasteiger partial charge in [0.25, 0.3) is 15.9 Å². The van der Waals surface area contributed by atoms with Crippen molar-refractivity contribution < 1.29 is 22.7 Å². The zero-order valence-electron chi connectivity index (χ0n) is 20.4. The molecule has 4 rings (SSSR count). The first kappa shape index (κ1) is 24.6. The quantitative estimate of drug-likeness (QED) is 0.501. The molecule has 1 amide bonds. The van der Waals surface area contributed by atoms with Gasteiger partial charge in [0.2, 0.25) is 0 Å². The molecule has 1 atom stereocenters. The van der Waals surface area contributed by atoms with Gasteiger partial charge in [0, 0.05) is 0 Å². The Morgan fingerprint density at radius 3 is 2.40 bits per heavy atom. The molecule has 35 heavy (non-hydrogen) atoms. The molecule has 1 aliphatic rings. The Morgan fingerprint density at radius 2 is 1.69 bits per heavy atom. The van der Waals surface area contributed by atoms with E-state index in [1.165, 1.54) is 9.87 Å². The topological polar surface area (TPSA) is 84.9 Å². The van der Waals surface area contributed by atoms with Crippen LogP contribution in [0.2, 0.25) is 0 Å². The van der Waals surface area contributed by atoms with E-state index in [0.29, 0.717) is 11.4 Å². The second-order valence-electron chi connectivity index (χ2n) is 8.81. The number of rotatable bonds is 7. The number of anilines is 1. The molecule has 0 saturated heterocycles. The van der Waals surface area contributed by atoms with Gasteiger partial charge in [-0.1, -0.05) is 29.8 Å². The maximum atomic E-state index is 13.5. The molecule has 1 N–H and O–H groups in total. The van der Waals surface area contributed by atoms with E-state index in [1.54, 1.807) is 36.4 Å². The average molecular weight is 495 g/mol. The van der Waals surface area contributed by atoms with Gasteiger partial charge in [0.15, 0.2) is 6.10 Å². The smallest absolute Gasteiger partial charge is 0.264 e. The van der Waals surface area contributed by atoms with E-state index >= 15 is 0 Å². The first-order valence-corrected chi connectivity index (χ1v) is 12.9. The Hall–Kier alpha value is -3.52. The third kappa shape index (κ3) is 5.43. The molecule has 8 heteroatoms. The van der Waals surface area contributed by atoms with Gasteiger partial charge in [-0.3, -0.25) is 9.10 Å². The molecule has 1 aliphatic heterocycles. The fraction of sp³-hybridized carbons (Fsp3) is 0.296. The van der Waals surface area contributed by atoms with Gasteiger partial charge in [-0.25, -0.2) is 8.42 Å². The number of carbonyl (C=O) groups is 1. The molecule has 0 fully saturated rings. The van der Waals surface area contributed by atoms with Gasteiger partial charge in [-0.2, -0.15) is 0 Å². The predicted molar refractivity (Wildman–Crippen MR) is 136 cm³/mol. The normalized spacial score (nSPS) is 15.2. The van der Waals surface area contributed by atoms with Crippen LogP contribution in [0.5, 0.6) is 11.5 Å². The van der Waals surface area contributed by atoms with E-state index in [0.717, 1.165) is 22.4 Å². The second kappa shape index (κ2) is 10.00. The van der Waals surface area contributed by atoms with E-state index in [9.17, 15) is 13.2 Å². The number of hydrogen-bond acceptors (Lipinski definition) is 5. The fourth-order valence-electron chi connectivity index (χ4n) is 3.82. The van der Waals surface area contributed by atoms with Crippen LogP contribution >= 0.6 is 0 Å². The Balaban J connectivity index is 1.48. The number of nitrogens with zero attached hydrogens (tertiary/aromatic N) is 1. The molecule has 0 bridgehead atoms. The lowest BCUT2D eigenvalue weighted by Gasteiger charge is -2.35. The zero-order chi connectivity index (χ0) is 25.2. The molecule has 3 aromatic carbocycles. The summed E-state index contributed by atoms with van der Waals surface area (Å²) in [4.78, 5) is 13.1. The number of ether oxygens (including phenoxy) is 2. The van der Waals surface area contributed by atoms with Crippen molar-refractivity contribution in [3.8, 4) is 11.5 Å². The molecule has 0 unspecified atom stereocenters. The van der Waals surface area contributed by atoms with Crippen molar-refractivity contribution in [3.63, 3.8) is 0 Å². The molecule has 3 aromatic rings. The van der Waals surface area contributed by atoms with Gasteiger partial charge in [-0.05, 0) is 80.8 Å². The first-order valence-electron chi connectivity index (χ1n) is 11.5. The Bertz CT molecular complexity index is 1340. The first-order chi connectivity index (χ1) is 16.6. The monoisotopic (exact) mass is 494 g/mol. The summed E-state index contributed by atoms with van der Waals surface area (Å²) in [7, 11) is -3.90. The number of carbonyl (C=O) groups excluding carboxylic acids is 1. The number of aryl methyl sites for hydroxylation is 4. The summed E-state index contributed by atoms with van der Waals surface area (Å²) in [5.74, 6) is 0.684. The van der Waals surface area contributed by atoms with Crippen LogP contribution in [0.1, 0.15) is 22.3 Å². The Kier molecular flexibility index (Phi) is 7.03. The molecule has 1 heterocycles. The van der Waals surface area contributed by atoms with Gasteiger partial charge >= 0.3 is 0 Å². The minimum absolute atomic E-state index is 0.128. The molecule has 7 nitrogen and oxygen atoms in total. The van der Waals surface area contributed by atoms with Crippen molar-refractivity contribution in [3.05, 3.63) is 82.9 Å². The van der Waals surface area contributed by atoms with Crippen LogP contribution in [-0.2, 0) is 14.8 Å². The number of hydrogen-bond donors (Lipinski definition) is 1. The predicted octanol–water partition coefficient (Wildman–Crippen LogP) is 4.07. The number of fused-ring (bicyclic) bond motifs is 1. The summed E-state index contributed by atoms with van der Waals surface area (Å²) in [6.07, 6.45) is -0.993. The van der Waals surface area contributed by atoms with Gasteiger partial charge in [0.1, 0.15) is 18.1 Å². The van der Waals surface area contributed by atoms with Gasteiger partial charge < -0.3 is 14.8 Å². The minimum Gasteiger partial charge on any atom is -0.492 e. The number of amides is 1. The lowest BCUT2D eigenvalue weighted by Crippen LogP contribution is -2.51. The SMILES string of the molecule is Cc1ccc(S(=O)(=O)N2C[C@H](C(=O)NCCOc3ccc(C)c(C)c3)Oc3ccc(C)cc32)cc1. The summed E-state index contributed by atoms with van der Waals surface area (Å²) >= 11 is 0. The number of benzene rings is 3. The highest BCUT2D eigenvalue weighted by atomic mass is 32.2. The summed E-state index contributed by atoms with van der Waals surface area (Å²) in [5, 5.41) is 2.80. The van der Waals surface area contributed by atoms with Gasteiger partial charge in [-0.15, -0.1) is 0 Å². The minimum atomic E-state index is -3.90. The molecule has 0 radical (unpaired) electrons. The fourth-order valence-corrected chi connectivity index (χ4v) is 5.29. The van der Waals surface area contributed by atoms with E-state index in [2.05, 4.69) is 5.32 Å². The van der Waals surface area contributed by atoms with E-state index < -0.39 is 22.0 Å². The molecular formula is C27H30N2O5S. The molecule has 0 aliphatic carbocycles. The standard InChI is InChI=1S/C27H30N2O5S/c1-18-5-10-23(11-6-18)35(31,32)29-17-26(34-25-12-7-19(2)15-24(25)29)27(30)28-13-14-33-22-9-8-20(3)21(4)16-22/h5-12,15-16,26H,13-14,17H2,1-4H3,(H,28,30)/t26-/m1/s1. The summed E-state index contributed by atoms with van der Waals surface area (Å²) in [6, 6.07) is 17.8.